The monoisotopic (exact) mass is 441 g/mol. The summed E-state index contributed by atoms with van der Waals surface area (Å²) in [7, 11) is 3.47. The molecule has 1 fully saturated rings. The zero-order chi connectivity index (χ0) is 22.3. The molecule has 1 aliphatic heterocycles. The van der Waals surface area contributed by atoms with Crippen LogP contribution in [0.4, 0.5) is 11.5 Å². The van der Waals surface area contributed by atoms with Gasteiger partial charge in [0.15, 0.2) is 5.69 Å². The van der Waals surface area contributed by atoms with Crippen molar-refractivity contribution in [2.24, 2.45) is 7.05 Å². The fourth-order valence-corrected chi connectivity index (χ4v) is 3.37. The standard InChI is InChI=1S/C21H27N7O4/c1-27-12-16(17(26-27)13-28-6-9-31-10-7-28)24-20(29)18-14-32-21(25-18)15-3-4-22-19(11-15)23-5-8-30-2/h3-4,11-12,14H,5-10,13H2,1-2H3,(H,22,23)(H,24,29). The van der Waals surface area contributed by atoms with E-state index in [0.717, 1.165) is 18.8 Å². The van der Waals surface area contributed by atoms with Crippen molar-refractivity contribution >= 4 is 17.4 Å². The molecule has 0 atom stereocenters. The van der Waals surface area contributed by atoms with Crippen molar-refractivity contribution in [3.8, 4) is 11.5 Å². The third-order valence-corrected chi connectivity index (χ3v) is 4.99. The first-order valence-electron chi connectivity index (χ1n) is 10.4. The lowest BCUT2D eigenvalue weighted by molar-refractivity contribution is 0.0336. The Balaban J connectivity index is 1.43. The maximum atomic E-state index is 12.8. The third-order valence-electron chi connectivity index (χ3n) is 4.99. The predicted molar refractivity (Wildman–Crippen MR) is 117 cm³/mol. The van der Waals surface area contributed by atoms with Gasteiger partial charge in [-0.15, -0.1) is 0 Å². The summed E-state index contributed by atoms with van der Waals surface area (Å²) in [6, 6.07) is 3.58. The Hall–Kier alpha value is -3.28. The highest BCUT2D eigenvalue weighted by atomic mass is 16.5. The SMILES string of the molecule is COCCNc1cc(-c2nc(C(=O)Nc3cn(C)nc3CN3CCOCC3)co2)ccn1. The quantitative estimate of drug-likeness (QED) is 0.477. The lowest BCUT2D eigenvalue weighted by Gasteiger charge is -2.26. The molecule has 4 heterocycles. The van der Waals surface area contributed by atoms with Gasteiger partial charge in [-0.1, -0.05) is 0 Å². The molecule has 4 rings (SSSR count). The first-order valence-corrected chi connectivity index (χ1v) is 10.4. The molecular weight excluding hydrogens is 414 g/mol. The molecule has 0 aromatic carbocycles. The van der Waals surface area contributed by atoms with Crippen LogP contribution in [0.5, 0.6) is 0 Å². The summed E-state index contributed by atoms with van der Waals surface area (Å²) in [4.78, 5) is 23.7. The van der Waals surface area contributed by atoms with Gasteiger partial charge in [-0.05, 0) is 12.1 Å². The average molecular weight is 441 g/mol. The lowest BCUT2D eigenvalue weighted by Crippen LogP contribution is -2.36. The molecule has 11 heteroatoms. The van der Waals surface area contributed by atoms with Crippen molar-refractivity contribution in [2.75, 3.05) is 57.2 Å². The minimum Gasteiger partial charge on any atom is -0.444 e. The van der Waals surface area contributed by atoms with Crippen molar-refractivity contribution in [2.45, 2.75) is 6.54 Å². The van der Waals surface area contributed by atoms with E-state index in [1.165, 1.54) is 6.26 Å². The predicted octanol–water partition coefficient (Wildman–Crippen LogP) is 1.61. The molecule has 3 aromatic heterocycles. The van der Waals surface area contributed by atoms with Crippen molar-refractivity contribution in [3.05, 3.63) is 42.2 Å². The Labute approximate surface area is 185 Å². The van der Waals surface area contributed by atoms with Crippen molar-refractivity contribution in [3.63, 3.8) is 0 Å². The van der Waals surface area contributed by atoms with Gasteiger partial charge in [-0.2, -0.15) is 5.10 Å². The van der Waals surface area contributed by atoms with Crippen LogP contribution in [-0.2, 0) is 23.1 Å². The van der Waals surface area contributed by atoms with Crippen molar-refractivity contribution < 1.29 is 18.7 Å². The number of nitrogens with zero attached hydrogens (tertiary/aromatic N) is 5. The smallest absolute Gasteiger partial charge is 0.277 e. The van der Waals surface area contributed by atoms with Gasteiger partial charge < -0.3 is 24.5 Å². The molecule has 3 aromatic rings. The van der Waals surface area contributed by atoms with E-state index in [0.29, 0.717) is 55.9 Å². The first-order chi connectivity index (χ1) is 15.6. The summed E-state index contributed by atoms with van der Waals surface area (Å²) in [5.41, 5.74) is 2.36. The molecule has 0 unspecified atom stereocenters. The van der Waals surface area contributed by atoms with Gasteiger partial charge >= 0.3 is 0 Å². The highest BCUT2D eigenvalue weighted by molar-refractivity contribution is 6.03. The number of oxazole rings is 1. The zero-order valence-electron chi connectivity index (χ0n) is 18.2. The van der Waals surface area contributed by atoms with Crippen LogP contribution < -0.4 is 10.6 Å². The minimum absolute atomic E-state index is 0.187. The molecule has 1 amide bonds. The van der Waals surface area contributed by atoms with Crippen LogP contribution in [-0.4, -0.2) is 77.1 Å². The van der Waals surface area contributed by atoms with E-state index in [-0.39, 0.29) is 11.6 Å². The van der Waals surface area contributed by atoms with E-state index in [1.54, 1.807) is 30.3 Å². The molecule has 2 N–H and O–H groups in total. The van der Waals surface area contributed by atoms with E-state index in [1.807, 2.05) is 13.1 Å². The number of aromatic nitrogens is 4. The van der Waals surface area contributed by atoms with E-state index >= 15 is 0 Å². The minimum atomic E-state index is -0.358. The highest BCUT2D eigenvalue weighted by Crippen LogP contribution is 2.22. The highest BCUT2D eigenvalue weighted by Gasteiger charge is 2.19. The van der Waals surface area contributed by atoms with Gasteiger partial charge in [0.1, 0.15) is 12.1 Å². The Morgan fingerprint density at radius 2 is 2.16 bits per heavy atom. The normalized spacial score (nSPS) is 14.4. The van der Waals surface area contributed by atoms with Crippen LogP contribution in [0, 0.1) is 0 Å². The van der Waals surface area contributed by atoms with Gasteiger partial charge in [0.25, 0.3) is 5.91 Å². The van der Waals surface area contributed by atoms with Gasteiger partial charge in [0.2, 0.25) is 5.89 Å². The summed E-state index contributed by atoms with van der Waals surface area (Å²) in [6.07, 6.45) is 4.79. The number of methoxy groups -OCH3 is 1. The van der Waals surface area contributed by atoms with E-state index in [4.69, 9.17) is 13.9 Å². The topological polar surface area (TPSA) is 120 Å². The maximum Gasteiger partial charge on any atom is 0.277 e. The molecule has 0 spiro atoms. The lowest BCUT2D eigenvalue weighted by atomic mass is 10.2. The van der Waals surface area contributed by atoms with Gasteiger partial charge in [-0.3, -0.25) is 14.4 Å². The second-order valence-electron chi connectivity index (χ2n) is 7.39. The number of hydrogen-bond acceptors (Lipinski definition) is 9. The number of morpholine rings is 1. The molecule has 32 heavy (non-hydrogen) atoms. The molecule has 1 saturated heterocycles. The Morgan fingerprint density at radius 3 is 2.97 bits per heavy atom. The van der Waals surface area contributed by atoms with Crippen LogP contribution in [0.3, 0.4) is 0 Å². The van der Waals surface area contributed by atoms with E-state index < -0.39 is 0 Å². The fraction of sp³-hybridized carbons (Fsp3) is 0.429. The molecule has 0 bridgehead atoms. The molecule has 0 radical (unpaired) electrons. The summed E-state index contributed by atoms with van der Waals surface area (Å²) >= 11 is 0. The maximum absolute atomic E-state index is 12.8. The molecule has 1 aliphatic rings. The van der Waals surface area contributed by atoms with Crippen molar-refractivity contribution in [1.82, 2.24) is 24.6 Å². The number of nitrogens with one attached hydrogen (secondary N) is 2. The summed E-state index contributed by atoms with van der Waals surface area (Å²) < 4.78 is 17.7. The van der Waals surface area contributed by atoms with Crippen LogP contribution in [0.1, 0.15) is 16.2 Å². The first kappa shape index (κ1) is 21.9. The van der Waals surface area contributed by atoms with E-state index in [9.17, 15) is 4.79 Å². The number of rotatable bonds is 9. The summed E-state index contributed by atoms with van der Waals surface area (Å²) in [5, 5.41) is 10.6. The Morgan fingerprint density at radius 1 is 1.31 bits per heavy atom. The number of anilines is 2. The summed E-state index contributed by atoms with van der Waals surface area (Å²) in [5.74, 6) is 0.655. The number of ether oxygens (including phenoxy) is 2. The van der Waals surface area contributed by atoms with Crippen LogP contribution >= 0.6 is 0 Å². The number of carbonyl (C=O) groups is 1. The Kier molecular flexibility index (Phi) is 7.10. The third kappa shape index (κ3) is 5.49. The fourth-order valence-electron chi connectivity index (χ4n) is 3.37. The van der Waals surface area contributed by atoms with Gasteiger partial charge in [0, 0.05) is 58.3 Å². The second-order valence-corrected chi connectivity index (χ2v) is 7.39. The van der Waals surface area contributed by atoms with Crippen LogP contribution in [0.25, 0.3) is 11.5 Å². The Bertz CT molecular complexity index is 1040. The molecule has 0 aliphatic carbocycles. The second kappa shape index (κ2) is 10.4. The van der Waals surface area contributed by atoms with Gasteiger partial charge in [-0.25, -0.2) is 9.97 Å². The molecule has 170 valence electrons. The number of aryl methyl sites for hydroxylation is 1. The largest absolute Gasteiger partial charge is 0.444 e. The molecular formula is C21H27N7O4. The number of amides is 1. The summed E-state index contributed by atoms with van der Waals surface area (Å²) in [6.45, 7) is 4.92. The number of carbonyl (C=O) groups excluding carboxylic acids is 1. The molecule has 0 saturated carbocycles. The zero-order valence-corrected chi connectivity index (χ0v) is 18.2. The van der Waals surface area contributed by atoms with Gasteiger partial charge in [0.05, 0.1) is 31.2 Å². The average Bonchev–Trinajstić information content (AvgIpc) is 3.42. The van der Waals surface area contributed by atoms with Crippen LogP contribution in [0.2, 0.25) is 0 Å². The number of pyridine rings is 1. The van der Waals surface area contributed by atoms with Crippen molar-refractivity contribution in [1.29, 1.82) is 0 Å². The molecule has 11 nitrogen and oxygen atoms in total. The van der Waals surface area contributed by atoms with Crippen LogP contribution in [0.15, 0.2) is 35.2 Å². The number of hydrogen-bond donors (Lipinski definition) is 2. The van der Waals surface area contributed by atoms with E-state index in [2.05, 4.69) is 30.6 Å².